The van der Waals surface area contributed by atoms with Gasteiger partial charge in [-0.25, -0.2) is 18.0 Å². The van der Waals surface area contributed by atoms with E-state index in [0.717, 1.165) is 6.07 Å². The Labute approximate surface area is 98.6 Å². The van der Waals surface area contributed by atoms with Crippen molar-refractivity contribution in [3.63, 3.8) is 0 Å². The van der Waals surface area contributed by atoms with E-state index in [9.17, 15) is 18.0 Å². The standard InChI is InChI=1S/C11H6F3NO3/c12-5-3-7(14)8(4-6(5)13)15-10-2-1-9(18-10)11(16)17/h1-4,15H,(H,16,17). The molecule has 0 saturated carbocycles. The lowest BCUT2D eigenvalue weighted by Crippen LogP contribution is -1.96. The van der Waals surface area contributed by atoms with Gasteiger partial charge in [0, 0.05) is 18.2 Å². The molecule has 0 aliphatic rings. The summed E-state index contributed by atoms with van der Waals surface area (Å²) in [6.45, 7) is 0. The quantitative estimate of drug-likeness (QED) is 0.829. The number of aromatic carboxylic acids is 1. The molecule has 94 valence electrons. The smallest absolute Gasteiger partial charge is 0.371 e. The lowest BCUT2D eigenvalue weighted by atomic mass is 10.3. The van der Waals surface area contributed by atoms with Gasteiger partial charge >= 0.3 is 5.97 Å². The van der Waals surface area contributed by atoms with E-state index in [1.54, 1.807) is 0 Å². The maximum absolute atomic E-state index is 13.3. The van der Waals surface area contributed by atoms with Crippen molar-refractivity contribution in [3.05, 3.63) is 47.5 Å². The summed E-state index contributed by atoms with van der Waals surface area (Å²) in [6, 6.07) is 3.35. The number of hydrogen-bond donors (Lipinski definition) is 2. The SMILES string of the molecule is O=C(O)c1ccc(Nc2cc(F)c(F)cc2F)o1. The van der Waals surface area contributed by atoms with Crippen LogP contribution >= 0.6 is 0 Å². The zero-order valence-corrected chi connectivity index (χ0v) is 8.71. The third-order valence-corrected chi connectivity index (χ3v) is 2.08. The minimum Gasteiger partial charge on any atom is -0.475 e. The van der Waals surface area contributed by atoms with Crippen molar-refractivity contribution in [3.8, 4) is 0 Å². The molecule has 0 atom stereocenters. The fraction of sp³-hybridized carbons (Fsp3) is 0. The van der Waals surface area contributed by atoms with Crippen molar-refractivity contribution in [2.45, 2.75) is 0 Å². The molecule has 2 rings (SSSR count). The lowest BCUT2D eigenvalue weighted by molar-refractivity contribution is 0.0663. The third-order valence-electron chi connectivity index (χ3n) is 2.08. The van der Waals surface area contributed by atoms with Gasteiger partial charge in [0.05, 0.1) is 5.69 Å². The normalized spacial score (nSPS) is 10.4. The topological polar surface area (TPSA) is 62.5 Å². The summed E-state index contributed by atoms with van der Waals surface area (Å²) in [6.07, 6.45) is 0. The summed E-state index contributed by atoms with van der Waals surface area (Å²) in [5.74, 6) is -5.33. The Kier molecular flexibility index (Phi) is 2.97. The predicted molar refractivity (Wildman–Crippen MR) is 55.3 cm³/mol. The van der Waals surface area contributed by atoms with Crippen LogP contribution in [-0.4, -0.2) is 11.1 Å². The van der Waals surface area contributed by atoms with Crippen molar-refractivity contribution < 1.29 is 27.5 Å². The first-order valence-corrected chi connectivity index (χ1v) is 4.72. The van der Waals surface area contributed by atoms with Gasteiger partial charge in [-0.1, -0.05) is 0 Å². The number of hydrogen-bond acceptors (Lipinski definition) is 3. The van der Waals surface area contributed by atoms with E-state index in [-0.39, 0.29) is 17.3 Å². The maximum atomic E-state index is 13.3. The van der Waals surface area contributed by atoms with E-state index < -0.39 is 23.4 Å². The number of rotatable bonds is 3. The van der Waals surface area contributed by atoms with Crippen LogP contribution in [0.5, 0.6) is 0 Å². The van der Waals surface area contributed by atoms with E-state index in [0.29, 0.717) is 12.1 Å². The summed E-state index contributed by atoms with van der Waals surface area (Å²) < 4.78 is 43.6. The molecular weight excluding hydrogens is 251 g/mol. The molecule has 1 aromatic heterocycles. The van der Waals surface area contributed by atoms with Crippen LogP contribution in [0.15, 0.2) is 28.7 Å². The summed E-state index contributed by atoms with van der Waals surface area (Å²) in [7, 11) is 0. The molecule has 4 nitrogen and oxygen atoms in total. The van der Waals surface area contributed by atoms with Crippen LogP contribution in [0, 0.1) is 17.5 Å². The Morgan fingerprint density at radius 2 is 1.78 bits per heavy atom. The molecule has 0 unspecified atom stereocenters. The van der Waals surface area contributed by atoms with Gasteiger partial charge in [0.15, 0.2) is 17.5 Å². The number of carbonyl (C=O) groups is 1. The number of nitrogens with one attached hydrogen (secondary N) is 1. The number of carboxylic acids is 1. The van der Waals surface area contributed by atoms with Crippen LogP contribution in [0.1, 0.15) is 10.6 Å². The van der Waals surface area contributed by atoms with Gasteiger partial charge in [-0.05, 0) is 6.07 Å². The highest BCUT2D eigenvalue weighted by Crippen LogP contribution is 2.24. The average molecular weight is 257 g/mol. The first kappa shape index (κ1) is 12.0. The van der Waals surface area contributed by atoms with Crippen molar-refractivity contribution in [1.29, 1.82) is 0 Å². The molecule has 7 heteroatoms. The van der Waals surface area contributed by atoms with Crippen molar-refractivity contribution in [1.82, 2.24) is 0 Å². The molecule has 0 aliphatic carbocycles. The molecule has 0 fully saturated rings. The van der Waals surface area contributed by atoms with Crippen molar-refractivity contribution >= 4 is 17.5 Å². The zero-order chi connectivity index (χ0) is 13.3. The van der Waals surface area contributed by atoms with Crippen LogP contribution in [0.3, 0.4) is 0 Å². The van der Waals surface area contributed by atoms with Crippen molar-refractivity contribution in [2.24, 2.45) is 0 Å². The highest BCUT2D eigenvalue weighted by molar-refractivity contribution is 5.85. The monoisotopic (exact) mass is 257 g/mol. The second-order valence-electron chi connectivity index (χ2n) is 3.34. The molecule has 0 radical (unpaired) electrons. The van der Waals surface area contributed by atoms with Gasteiger partial charge in [0.25, 0.3) is 0 Å². The Bertz CT molecular complexity index is 610. The van der Waals surface area contributed by atoms with Crippen LogP contribution in [0.25, 0.3) is 0 Å². The maximum Gasteiger partial charge on any atom is 0.371 e. The van der Waals surface area contributed by atoms with Gasteiger partial charge < -0.3 is 14.8 Å². The number of furan rings is 1. The van der Waals surface area contributed by atoms with Crippen LogP contribution in [0.2, 0.25) is 0 Å². The van der Waals surface area contributed by atoms with Crippen molar-refractivity contribution in [2.75, 3.05) is 5.32 Å². The summed E-state index contributed by atoms with van der Waals surface area (Å²) in [5, 5.41) is 10.9. The Morgan fingerprint density at radius 1 is 1.11 bits per heavy atom. The van der Waals surface area contributed by atoms with Gasteiger partial charge in [0.1, 0.15) is 5.82 Å². The number of benzene rings is 1. The first-order chi connectivity index (χ1) is 8.47. The van der Waals surface area contributed by atoms with E-state index in [4.69, 9.17) is 9.52 Å². The second-order valence-corrected chi connectivity index (χ2v) is 3.34. The summed E-state index contributed by atoms with van der Waals surface area (Å²) >= 11 is 0. The fourth-order valence-corrected chi connectivity index (χ4v) is 1.27. The predicted octanol–water partition coefficient (Wildman–Crippen LogP) is 3.14. The minimum absolute atomic E-state index is 0.0997. The highest BCUT2D eigenvalue weighted by Gasteiger charge is 2.13. The first-order valence-electron chi connectivity index (χ1n) is 4.72. The molecule has 1 heterocycles. The Hall–Kier alpha value is -2.44. The van der Waals surface area contributed by atoms with E-state index >= 15 is 0 Å². The minimum atomic E-state index is -1.32. The molecule has 0 amide bonds. The van der Waals surface area contributed by atoms with Crippen LogP contribution in [-0.2, 0) is 0 Å². The lowest BCUT2D eigenvalue weighted by Gasteiger charge is -2.04. The third kappa shape index (κ3) is 2.29. The molecule has 1 aromatic carbocycles. The van der Waals surface area contributed by atoms with Gasteiger partial charge in [-0.15, -0.1) is 0 Å². The molecule has 2 N–H and O–H groups in total. The van der Waals surface area contributed by atoms with E-state index in [1.165, 1.54) is 6.07 Å². The molecule has 0 saturated heterocycles. The zero-order valence-electron chi connectivity index (χ0n) is 8.71. The fourth-order valence-electron chi connectivity index (χ4n) is 1.27. The Morgan fingerprint density at radius 3 is 2.39 bits per heavy atom. The number of anilines is 2. The molecular formula is C11H6F3NO3. The average Bonchev–Trinajstić information content (AvgIpc) is 2.74. The van der Waals surface area contributed by atoms with Gasteiger partial charge in [-0.3, -0.25) is 0 Å². The number of halogens is 3. The summed E-state index contributed by atoms with van der Waals surface area (Å²) in [5.41, 5.74) is -0.361. The van der Waals surface area contributed by atoms with E-state index in [1.807, 2.05) is 0 Å². The van der Waals surface area contributed by atoms with E-state index in [2.05, 4.69) is 5.32 Å². The largest absolute Gasteiger partial charge is 0.475 e. The molecule has 0 aliphatic heterocycles. The van der Waals surface area contributed by atoms with Gasteiger partial charge in [0.2, 0.25) is 5.76 Å². The molecule has 0 spiro atoms. The molecule has 18 heavy (non-hydrogen) atoms. The second kappa shape index (κ2) is 4.44. The Balaban J connectivity index is 2.28. The summed E-state index contributed by atoms with van der Waals surface area (Å²) in [4.78, 5) is 10.5. The van der Waals surface area contributed by atoms with Crippen LogP contribution < -0.4 is 5.32 Å². The molecule has 2 aromatic rings. The van der Waals surface area contributed by atoms with Crippen LogP contribution in [0.4, 0.5) is 24.7 Å². The van der Waals surface area contributed by atoms with Gasteiger partial charge in [-0.2, -0.15) is 0 Å². The highest BCUT2D eigenvalue weighted by atomic mass is 19.2. The number of carboxylic acid groups (broad SMARTS) is 1. The molecule has 0 bridgehead atoms.